The van der Waals surface area contributed by atoms with Crippen molar-refractivity contribution in [1.29, 1.82) is 0 Å². The summed E-state index contributed by atoms with van der Waals surface area (Å²) in [5.74, 6) is 0.859. The van der Waals surface area contributed by atoms with Crippen molar-refractivity contribution < 1.29 is 4.74 Å². The molecule has 0 aromatic carbocycles. The van der Waals surface area contributed by atoms with Crippen molar-refractivity contribution in [2.24, 2.45) is 5.92 Å². The first kappa shape index (κ1) is 10.8. The van der Waals surface area contributed by atoms with Gasteiger partial charge in [-0.1, -0.05) is 25.3 Å². The van der Waals surface area contributed by atoms with E-state index in [0.717, 1.165) is 32.0 Å². The minimum Gasteiger partial charge on any atom is -0.381 e. The highest BCUT2D eigenvalue weighted by Gasteiger charge is 2.12. The molecule has 0 aromatic rings. The predicted molar refractivity (Wildman–Crippen MR) is 56.8 cm³/mol. The Bertz CT molecular complexity index is 125. The number of hydrogen-bond acceptors (Lipinski definition) is 1. The van der Waals surface area contributed by atoms with E-state index in [4.69, 9.17) is 4.74 Å². The second kappa shape index (κ2) is 7.14. The molecule has 0 bridgehead atoms. The van der Waals surface area contributed by atoms with Crippen LogP contribution in [0.25, 0.3) is 0 Å². The molecular formula is C12H22O. The summed E-state index contributed by atoms with van der Waals surface area (Å²) in [5, 5.41) is 0. The highest BCUT2D eigenvalue weighted by atomic mass is 16.5. The monoisotopic (exact) mass is 182 g/mol. The van der Waals surface area contributed by atoms with E-state index < -0.39 is 0 Å². The van der Waals surface area contributed by atoms with E-state index in [1.54, 1.807) is 0 Å². The Morgan fingerprint density at radius 3 is 2.69 bits per heavy atom. The van der Waals surface area contributed by atoms with Crippen molar-refractivity contribution >= 4 is 0 Å². The summed E-state index contributed by atoms with van der Waals surface area (Å²) in [7, 11) is 0. The van der Waals surface area contributed by atoms with E-state index >= 15 is 0 Å². The lowest BCUT2D eigenvalue weighted by atomic mass is 9.90. The van der Waals surface area contributed by atoms with Crippen LogP contribution < -0.4 is 0 Å². The second-order valence-corrected chi connectivity index (χ2v) is 4.01. The van der Waals surface area contributed by atoms with E-state index in [0.29, 0.717) is 0 Å². The molecule has 0 aromatic heterocycles. The van der Waals surface area contributed by atoms with Gasteiger partial charge in [-0.25, -0.2) is 0 Å². The molecule has 0 saturated heterocycles. The van der Waals surface area contributed by atoms with Crippen molar-refractivity contribution in [3.05, 3.63) is 12.7 Å². The van der Waals surface area contributed by atoms with Crippen molar-refractivity contribution in [3.8, 4) is 0 Å². The third-order valence-corrected chi connectivity index (χ3v) is 2.78. The molecule has 0 N–H and O–H groups in total. The number of ether oxygens (including phenoxy) is 1. The molecule has 0 atom stereocenters. The van der Waals surface area contributed by atoms with Crippen LogP contribution in [0, 0.1) is 5.92 Å². The summed E-state index contributed by atoms with van der Waals surface area (Å²) in [6.07, 6.45) is 11.2. The Hall–Kier alpha value is -0.300. The SMILES string of the molecule is C=CCCCOCC1CCCCC1. The van der Waals surface area contributed by atoms with Crippen LogP contribution in [0.3, 0.4) is 0 Å². The molecule has 1 fully saturated rings. The first-order chi connectivity index (χ1) is 6.43. The zero-order chi connectivity index (χ0) is 9.36. The van der Waals surface area contributed by atoms with Crippen molar-refractivity contribution in [3.63, 3.8) is 0 Å². The van der Waals surface area contributed by atoms with Crippen molar-refractivity contribution in [2.75, 3.05) is 13.2 Å². The van der Waals surface area contributed by atoms with E-state index in [9.17, 15) is 0 Å². The summed E-state index contributed by atoms with van der Waals surface area (Å²) in [5.41, 5.74) is 0. The molecule has 0 heterocycles. The van der Waals surface area contributed by atoms with Gasteiger partial charge in [-0.3, -0.25) is 0 Å². The average Bonchev–Trinajstić information content (AvgIpc) is 2.19. The number of allylic oxidation sites excluding steroid dienone is 1. The van der Waals surface area contributed by atoms with Gasteiger partial charge in [0.2, 0.25) is 0 Å². The van der Waals surface area contributed by atoms with Crippen LogP contribution in [0.1, 0.15) is 44.9 Å². The topological polar surface area (TPSA) is 9.23 Å². The average molecular weight is 182 g/mol. The molecule has 1 saturated carbocycles. The summed E-state index contributed by atoms with van der Waals surface area (Å²) in [6, 6.07) is 0. The number of unbranched alkanes of at least 4 members (excludes halogenated alkanes) is 1. The smallest absolute Gasteiger partial charge is 0.0494 e. The second-order valence-electron chi connectivity index (χ2n) is 4.01. The minimum atomic E-state index is 0.859. The molecule has 1 heteroatoms. The van der Waals surface area contributed by atoms with Gasteiger partial charge in [0.15, 0.2) is 0 Å². The standard InChI is InChI=1S/C12H22O/c1-2-3-7-10-13-11-12-8-5-4-6-9-12/h2,12H,1,3-11H2. The van der Waals surface area contributed by atoms with E-state index in [1.807, 2.05) is 6.08 Å². The van der Waals surface area contributed by atoms with Crippen LogP contribution >= 0.6 is 0 Å². The van der Waals surface area contributed by atoms with Gasteiger partial charge in [-0.2, -0.15) is 0 Å². The number of hydrogen-bond donors (Lipinski definition) is 0. The van der Waals surface area contributed by atoms with Crippen LogP contribution in [0.2, 0.25) is 0 Å². The summed E-state index contributed by atoms with van der Waals surface area (Å²) >= 11 is 0. The third kappa shape index (κ3) is 5.09. The molecule has 1 aliphatic rings. The van der Waals surface area contributed by atoms with Gasteiger partial charge >= 0.3 is 0 Å². The lowest BCUT2D eigenvalue weighted by Crippen LogP contribution is -2.13. The highest BCUT2D eigenvalue weighted by Crippen LogP contribution is 2.23. The van der Waals surface area contributed by atoms with E-state index in [1.165, 1.54) is 32.1 Å². The molecule has 0 unspecified atom stereocenters. The first-order valence-corrected chi connectivity index (χ1v) is 5.62. The Kier molecular flexibility index (Phi) is 5.92. The highest BCUT2D eigenvalue weighted by molar-refractivity contribution is 4.66. The van der Waals surface area contributed by atoms with Crippen LogP contribution in [0.15, 0.2) is 12.7 Å². The molecule has 0 radical (unpaired) electrons. The van der Waals surface area contributed by atoms with Crippen LogP contribution in [-0.4, -0.2) is 13.2 Å². The maximum atomic E-state index is 5.63. The zero-order valence-electron chi connectivity index (χ0n) is 8.63. The van der Waals surface area contributed by atoms with Gasteiger partial charge in [-0.05, 0) is 31.6 Å². The lowest BCUT2D eigenvalue weighted by Gasteiger charge is -2.21. The van der Waals surface area contributed by atoms with Gasteiger partial charge in [0.1, 0.15) is 0 Å². The van der Waals surface area contributed by atoms with E-state index in [2.05, 4.69) is 6.58 Å². The lowest BCUT2D eigenvalue weighted by molar-refractivity contribution is 0.0841. The Labute approximate surface area is 82.2 Å². The molecule has 0 aliphatic heterocycles. The van der Waals surface area contributed by atoms with Gasteiger partial charge in [0.05, 0.1) is 0 Å². The molecule has 0 amide bonds. The van der Waals surface area contributed by atoms with Crippen LogP contribution in [-0.2, 0) is 4.74 Å². The van der Waals surface area contributed by atoms with Crippen molar-refractivity contribution in [1.82, 2.24) is 0 Å². The molecule has 13 heavy (non-hydrogen) atoms. The first-order valence-electron chi connectivity index (χ1n) is 5.62. The van der Waals surface area contributed by atoms with Gasteiger partial charge < -0.3 is 4.74 Å². The fourth-order valence-electron chi connectivity index (χ4n) is 1.93. The fourth-order valence-corrected chi connectivity index (χ4v) is 1.93. The quantitative estimate of drug-likeness (QED) is 0.451. The number of rotatable bonds is 6. The fraction of sp³-hybridized carbons (Fsp3) is 0.833. The maximum Gasteiger partial charge on any atom is 0.0494 e. The van der Waals surface area contributed by atoms with E-state index in [-0.39, 0.29) is 0 Å². The third-order valence-electron chi connectivity index (χ3n) is 2.78. The van der Waals surface area contributed by atoms with Crippen molar-refractivity contribution in [2.45, 2.75) is 44.9 Å². The maximum absolute atomic E-state index is 5.63. The van der Waals surface area contributed by atoms with Crippen LogP contribution in [0.4, 0.5) is 0 Å². The van der Waals surface area contributed by atoms with Crippen LogP contribution in [0.5, 0.6) is 0 Å². The summed E-state index contributed by atoms with van der Waals surface area (Å²) in [4.78, 5) is 0. The zero-order valence-corrected chi connectivity index (χ0v) is 8.63. The molecule has 1 nitrogen and oxygen atoms in total. The minimum absolute atomic E-state index is 0.859. The van der Waals surface area contributed by atoms with Gasteiger partial charge in [0, 0.05) is 13.2 Å². The molecule has 1 aliphatic carbocycles. The Morgan fingerprint density at radius 2 is 2.00 bits per heavy atom. The molecule has 0 spiro atoms. The summed E-state index contributed by atoms with van der Waals surface area (Å²) in [6.45, 7) is 5.61. The Morgan fingerprint density at radius 1 is 1.23 bits per heavy atom. The van der Waals surface area contributed by atoms with Gasteiger partial charge in [-0.15, -0.1) is 6.58 Å². The Balaban J connectivity index is 1.89. The van der Waals surface area contributed by atoms with Gasteiger partial charge in [0.25, 0.3) is 0 Å². The molecular weight excluding hydrogens is 160 g/mol. The normalized spacial score (nSPS) is 18.8. The predicted octanol–water partition coefficient (Wildman–Crippen LogP) is 3.55. The summed E-state index contributed by atoms with van der Waals surface area (Å²) < 4.78 is 5.63. The largest absolute Gasteiger partial charge is 0.381 e. The molecule has 76 valence electrons. The molecule has 1 rings (SSSR count).